The van der Waals surface area contributed by atoms with E-state index < -0.39 is 5.97 Å². The zero-order chi connectivity index (χ0) is 15.0. The first-order valence-electron chi connectivity index (χ1n) is 6.43. The van der Waals surface area contributed by atoms with Gasteiger partial charge in [-0.15, -0.1) is 0 Å². The van der Waals surface area contributed by atoms with E-state index in [2.05, 4.69) is 10.6 Å². The van der Waals surface area contributed by atoms with Crippen molar-refractivity contribution < 1.29 is 14.7 Å². The summed E-state index contributed by atoms with van der Waals surface area (Å²) in [5, 5.41) is 14.5. The third kappa shape index (κ3) is 5.13. The van der Waals surface area contributed by atoms with E-state index in [1.807, 2.05) is 6.26 Å². The molecule has 0 aliphatic rings. The molecule has 0 aromatic heterocycles. The van der Waals surface area contributed by atoms with Gasteiger partial charge in [0.2, 0.25) is 0 Å². The van der Waals surface area contributed by atoms with Gasteiger partial charge in [0.15, 0.2) is 0 Å². The second-order valence-electron chi connectivity index (χ2n) is 4.38. The third-order valence-corrected chi connectivity index (χ3v) is 3.49. The maximum absolute atomic E-state index is 11.7. The van der Waals surface area contributed by atoms with Crippen LogP contribution in [0.3, 0.4) is 0 Å². The SMILES string of the molecule is CSCCCCNC(=O)Nc1cccc(C)c1C(=O)O. The Bertz CT molecular complexity index is 477. The Morgan fingerprint density at radius 2 is 2.05 bits per heavy atom. The Labute approximate surface area is 123 Å². The lowest BCUT2D eigenvalue weighted by Crippen LogP contribution is -2.30. The molecule has 1 aromatic carbocycles. The quantitative estimate of drug-likeness (QED) is 0.676. The zero-order valence-electron chi connectivity index (χ0n) is 11.7. The van der Waals surface area contributed by atoms with Crippen LogP contribution in [0.4, 0.5) is 10.5 Å². The first-order valence-corrected chi connectivity index (χ1v) is 7.82. The lowest BCUT2D eigenvalue weighted by Gasteiger charge is -2.11. The molecule has 1 aromatic rings. The molecule has 1 rings (SSSR count). The number of carboxylic acid groups (broad SMARTS) is 1. The van der Waals surface area contributed by atoms with Gasteiger partial charge in [0.25, 0.3) is 0 Å². The van der Waals surface area contributed by atoms with Crippen LogP contribution in [-0.4, -0.2) is 35.7 Å². The maximum atomic E-state index is 11.7. The fourth-order valence-electron chi connectivity index (χ4n) is 1.80. The lowest BCUT2D eigenvalue weighted by molar-refractivity contribution is 0.0697. The molecule has 0 atom stereocenters. The van der Waals surface area contributed by atoms with Crippen molar-refractivity contribution >= 4 is 29.4 Å². The van der Waals surface area contributed by atoms with E-state index in [1.54, 1.807) is 36.9 Å². The number of amides is 2. The van der Waals surface area contributed by atoms with Gasteiger partial charge in [0.05, 0.1) is 11.3 Å². The van der Waals surface area contributed by atoms with Crippen molar-refractivity contribution in [2.75, 3.05) is 23.9 Å². The fraction of sp³-hybridized carbons (Fsp3) is 0.429. The van der Waals surface area contributed by atoms with Crippen molar-refractivity contribution in [3.05, 3.63) is 29.3 Å². The molecule has 0 saturated heterocycles. The van der Waals surface area contributed by atoms with Crippen molar-refractivity contribution in [1.29, 1.82) is 0 Å². The van der Waals surface area contributed by atoms with Crippen LogP contribution in [0.15, 0.2) is 18.2 Å². The van der Waals surface area contributed by atoms with Crippen LogP contribution in [0.5, 0.6) is 0 Å². The van der Waals surface area contributed by atoms with E-state index in [4.69, 9.17) is 5.11 Å². The van der Waals surface area contributed by atoms with E-state index in [9.17, 15) is 9.59 Å². The molecule has 5 nitrogen and oxygen atoms in total. The molecule has 0 spiro atoms. The van der Waals surface area contributed by atoms with Crippen LogP contribution in [-0.2, 0) is 0 Å². The van der Waals surface area contributed by atoms with Gasteiger partial charge < -0.3 is 15.7 Å². The smallest absolute Gasteiger partial charge is 0.338 e. The van der Waals surface area contributed by atoms with Gasteiger partial charge in [-0.2, -0.15) is 11.8 Å². The number of carbonyl (C=O) groups is 2. The molecular formula is C14H20N2O3S. The van der Waals surface area contributed by atoms with Gasteiger partial charge >= 0.3 is 12.0 Å². The van der Waals surface area contributed by atoms with Gasteiger partial charge in [0.1, 0.15) is 0 Å². The number of thioether (sulfide) groups is 1. The first-order chi connectivity index (χ1) is 9.56. The van der Waals surface area contributed by atoms with Crippen LogP contribution in [0.2, 0.25) is 0 Å². The highest BCUT2D eigenvalue weighted by Gasteiger charge is 2.14. The second-order valence-corrected chi connectivity index (χ2v) is 5.37. The predicted octanol–water partition coefficient (Wildman–Crippen LogP) is 2.96. The maximum Gasteiger partial charge on any atom is 0.338 e. The van der Waals surface area contributed by atoms with E-state index >= 15 is 0 Å². The number of benzene rings is 1. The Balaban J connectivity index is 2.54. The highest BCUT2D eigenvalue weighted by atomic mass is 32.2. The van der Waals surface area contributed by atoms with Crippen LogP contribution >= 0.6 is 11.8 Å². The highest BCUT2D eigenvalue weighted by Crippen LogP contribution is 2.19. The summed E-state index contributed by atoms with van der Waals surface area (Å²) in [5.74, 6) is 0.0306. The summed E-state index contributed by atoms with van der Waals surface area (Å²) >= 11 is 1.78. The van der Waals surface area contributed by atoms with Gasteiger partial charge in [-0.25, -0.2) is 9.59 Å². The number of aromatic carboxylic acids is 1. The van der Waals surface area contributed by atoms with E-state index in [-0.39, 0.29) is 11.6 Å². The third-order valence-electron chi connectivity index (χ3n) is 2.80. The van der Waals surface area contributed by atoms with Crippen molar-refractivity contribution in [2.24, 2.45) is 0 Å². The molecule has 0 heterocycles. The topological polar surface area (TPSA) is 78.4 Å². The number of hydrogen-bond acceptors (Lipinski definition) is 3. The number of unbranched alkanes of at least 4 members (excludes halogenated alkanes) is 1. The number of rotatable bonds is 7. The van der Waals surface area contributed by atoms with Gasteiger partial charge in [-0.1, -0.05) is 12.1 Å². The summed E-state index contributed by atoms with van der Waals surface area (Å²) in [6.07, 6.45) is 4.01. The number of nitrogens with one attached hydrogen (secondary N) is 2. The van der Waals surface area contributed by atoms with E-state index in [0.29, 0.717) is 17.8 Å². The molecule has 3 N–H and O–H groups in total. The number of carboxylic acids is 1. The van der Waals surface area contributed by atoms with Crippen molar-refractivity contribution in [1.82, 2.24) is 5.32 Å². The van der Waals surface area contributed by atoms with Crippen LogP contribution < -0.4 is 10.6 Å². The second kappa shape index (κ2) is 8.47. The average molecular weight is 296 g/mol. The summed E-state index contributed by atoms with van der Waals surface area (Å²) < 4.78 is 0. The summed E-state index contributed by atoms with van der Waals surface area (Å²) in [6.45, 7) is 2.29. The number of urea groups is 1. The standard InChI is InChI=1S/C14H20N2O3S/c1-10-6-5-7-11(12(10)13(17)18)16-14(19)15-8-3-4-9-20-2/h5-7H,3-4,8-9H2,1-2H3,(H,17,18)(H2,15,16,19). The zero-order valence-corrected chi connectivity index (χ0v) is 12.5. The highest BCUT2D eigenvalue weighted by molar-refractivity contribution is 7.98. The summed E-state index contributed by atoms with van der Waals surface area (Å²) in [5.41, 5.74) is 1.07. The summed E-state index contributed by atoms with van der Waals surface area (Å²) in [7, 11) is 0. The minimum Gasteiger partial charge on any atom is -0.478 e. The Morgan fingerprint density at radius 3 is 2.70 bits per heavy atom. The number of hydrogen-bond donors (Lipinski definition) is 3. The van der Waals surface area contributed by atoms with Gasteiger partial charge in [0, 0.05) is 6.54 Å². The molecular weight excluding hydrogens is 276 g/mol. The molecule has 0 bridgehead atoms. The van der Waals surface area contributed by atoms with Crippen molar-refractivity contribution in [3.8, 4) is 0 Å². The molecule has 0 aliphatic carbocycles. The molecule has 0 aliphatic heterocycles. The number of aryl methyl sites for hydroxylation is 1. The summed E-state index contributed by atoms with van der Waals surface area (Å²) in [4.78, 5) is 22.9. The number of carbonyl (C=O) groups excluding carboxylic acids is 1. The van der Waals surface area contributed by atoms with Crippen molar-refractivity contribution in [2.45, 2.75) is 19.8 Å². The molecule has 110 valence electrons. The Morgan fingerprint density at radius 1 is 1.30 bits per heavy atom. The molecule has 0 saturated carbocycles. The lowest BCUT2D eigenvalue weighted by atomic mass is 10.1. The van der Waals surface area contributed by atoms with Crippen molar-refractivity contribution in [3.63, 3.8) is 0 Å². The van der Waals surface area contributed by atoms with E-state index in [0.717, 1.165) is 18.6 Å². The van der Waals surface area contributed by atoms with E-state index in [1.165, 1.54) is 0 Å². The minimum atomic E-state index is -1.04. The fourth-order valence-corrected chi connectivity index (χ4v) is 2.29. The van der Waals surface area contributed by atoms with Gasteiger partial charge in [-0.3, -0.25) is 0 Å². The molecule has 20 heavy (non-hydrogen) atoms. The molecule has 2 amide bonds. The minimum absolute atomic E-state index is 0.130. The summed E-state index contributed by atoms with van der Waals surface area (Å²) in [6, 6.07) is 4.64. The van der Waals surface area contributed by atoms with Crippen LogP contribution in [0, 0.1) is 6.92 Å². The molecule has 0 unspecified atom stereocenters. The van der Waals surface area contributed by atoms with Gasteiger partial charge in [-0.05, 0) is 43.4 Å². The first kappa shape index (κ1) is 16.4. The predicted molar refractivity (Wildman–Crippen MR) is 82.8 cm³/mol. The van der Waals surface area contributed by atoms with Crippen LogP contribution in [0.1, 0.15) is 28.8 Å². The average Bonchev–Trinajstić information content (AvgIpc) is 2.38. The largest absolute Gasteiger partial charge is 0.478 e. The molecule has 0 radical (unpaired) electrons. The monoisotopic (exact) mass is 296 g/mol. The Hall–Kier alpha value is -1.69. The van der Waals surface area contributed by atoms with Crippen LogP contribution in [0.25, 0.3) is 0 Å². The molecule has 0 fully saturated rings. The molecule has 6 heteroatoms. The normalized spacial score (nSPS) is 10.1. The number of anilines is 1. The Kier molecular flexibility index (Phi) is 6.93.